The Morgan fingerprint density at radius 2 is 1.10 bits per heavy atom. The molecule has 2 bridgehead atoms. The van der Waals surface area contributed by atoms with Gasteiger partial charge in [-0.3, -0.25) is 4.18 Å². The maximum atomic E-state index is 15.8. The number of alkyl halides is 4. The molecular weight excluding hydrogens is 604 g/mol. The predicted molar refractivity (Wildman–Crippen MR) is 146 cm³/mol. The largest absolute Gasteiger partial charge is 0.432 e. The van der Waals surface area contributed by atoms with Gasteiger partial charge >= 0.3 is 21.3 Å². The van der Waals surface area contributed by atoms with E-state index in [1.807, 2.05) is 0 Å². The molecule has 41 heavy (non-hydrogen) atoms. The summed E-state index contributed by atoms with van der Waals surface area (Å²) in [5, 5.41) is -5.60. The van der Waals surface area contributed by atoms with Crippen LogP contribution in [0.15, 0.2) is 106 Å². The molecule has 2 aliphatic carbocycles. The lowest BCUT2D eigenvalue weighted by molar-refractivity contribution is -0.204. The molecule has 0 amide bonds. The van der Waals surface area contributed by atoms with E-state index in [0.29, 0.717) is 0 Å². The van der Waals surface area contributed by atoms with Crippen LogP contribution >= 0.6 is 10.3 Å². The van der Waals surface area contributed by atoms with E-state index in [1.165, 1.54) is 36.4 Å². The zero-order chi connectivity index (χ0) is 29.7. The van der Waals surface area contributed by atoms with Crippen LogP contribution in [-0.4, -0.2) is 40.4 Å². The van der Waals surface area contributed by atoms with Crippen LogP contribution in [0.4, 0.5) is 17.6 Å². The van der Waals surface area contributed by atoms with E-state index in [1.54, 1.807) is 54.6 Å². The van der Waals surface area contributed by atoms with Gasteiger partial charge in [-0.1, -0.05) is 54.6 Å². The van der Waals surface area contributed by atoms with Crippen molar-refractivity contribution in [3.8, 4) is 0 Å². The molecule has 0 heterocycles. The molecule has 13 heteroatoms. The Hall–Kier alpha value is -2.45. The maximum Gasteiger partial charge on any atom is 0.432 e. The first-order chi connectivity index (χ1) is 19.2. The van der Waals surface area contributed by atoms with E-state index in [-0.39, 0.29) is 27.5 Å². The van der Waals surface area contributed by atoms with Gasteiger partial charge in [0.15, 0.2) is 0 Å². The Kier molecular flexibility index (Phi) is 7.82. The first kappa shape index (κ1) is 30.0. The van der Waals surface area contributed by atoms with Crippen LogP contribution in [0.25, 0.3) is 0 Å². The van der Waals surface area contributed by atoms with Crippen molar-refractivity contribution in [2.24, 2.45) is 17.8 Å². The van der Waals surface area contributed by atoms with Crippen LogP contribution in [0, 0.1) is 17.8 Å². The molecule has 4 atom stereocenters. The van der Waals surface area contributed by atoms with Gasteiger partial charge in [0, 0.05) is 20.6 Å². The van der Waals surface area contributed by atoms with Crippen LogP contribution in [0.1, 0.15) is 19.3 Å². The van der Waals surface area contributed by atoms with Crippen molar-refractivity contribution in [2.45, 2.75) is 51.2 Å². The Morgan fingerprint density at radius 3 is 1.46 bits per heavy atom. The van der Waals surface area contributed by atoms with Gasteiger partial charge in [0.2, 0.25) is 0 Å². The first-order valence-electron chi connectivity index (χ1n) is 12.8. The number of hydrogen-bond donors (Lipinski definition) is 0. The molecule has 6 nitrogen and oxygen atoms in total. The highest BCUT2D eigenvalue weighted by Gasteiger charge is 2.73. The molecule has 2 saturated carbocycles. The minimum absolute atomic E-state index is 0.0324. The zero-order valence-electron chi connectivity index (χ0n) is 21.8. The first-order valence-corrected chi connectivity index (χ1v) is 17.6. The number of halogens is 4. The quantitative estimate of drug-likeness (QED) is 0.180. The number of fused-ring (bicyclic) bond motifs is 2. The highest BCUT2D eigenvalue weighted by molar-refractivity contribution is 8.33. The second kappa shape index (κ2) is 10.7. The highest BCUT2D eigenvalue weighted by atomic mass is 32.3. The fourth-order valence-electron chi connectivity index (χ4n) is 5.93. The summed E-state index contributed by atoms with van der Waals surface area (Å²) in [4.78, 5) is 0.669. The molecule has 3 aromatic carbocycles. The van der Waals surface area contributed by atoms with Crippen molar-refractivity contribution in [1.82, 2.24) is 0 Å². The number of hydrogen-bond acceptors (Lipinski definition) is 6. The monoisotopic (exact) mass is 632 g/mol. The molecule has 2 fully saturated rings. The molecule has 4 unspecified atom stereocenters. The minimum atomic E-state index is -6.29. The summed E-state index contributed by atoms with van der Waals surface area (Å²) in [5.74, 6) is -8.77. The Morgan fingerprint density at radius 1 is 0.659 bits per heavy atom. The maximum absolute atomic E-state index is 15.8. The Balaban J connectivity index is 1.56. The molecule has 0 N–H and O–H groups in total. The van der Waals surface area contributed by atoms with Gasteiger partial charge in [-0.2, -0.15) is 34.4 Å². The molecule has 0 radical (unpaired) electrons. The van der Waals surface area contributed by atoms with Gasteiger partial charge in [0.25, 0.3) is 10.1 Å². The number of rotatable bonds is 10. The zero-order valence-corrected chi connectivity index (χ0v) is 24.2. The highest BCUT2D eigenvalue weighted by Crippen LogP contribution is 2.71. The summed E-state index contributed by atoms with van der Waals surface area (Å²) in [6.45, 7) is 0. The van der Waals surface area contributed by atoms with Gasteiger partial charge in [-0.05, 0) is 77.8 Å². The van der Waals surface area contributed by atoms with Gasteiger partial charge in [0.05, 0.1) is 12.4 Å². The Bertz CT molecular complexity index is 1490. The molecule has 0 aromatic heterocycles. The lowest BCUT2D eigenvalue weighted by Crippen LogP contribution is -2.54. The summed E-state index contributed by atoms with van der Waals surface area (Å²) >= 11 is 0. The molecule has 0 saturated heterocycles. The smallest absolute Gasteiger partial charge is 0.267 e. The molecule has 222 valence electrons. The number of benzene rings is 3. The molecular formula is C28H28F4O6S3. The second-order valence-corrected chi connectivity index (χ2v) is 16.4. The average Bonchev–Trinajstić information content (AvgIpc) is 3.53. The molecule has 0 spiro atoms. The lowest BCUT2D eigenvalue weighted by Gasteiger charge is -2.42. The summed E-state index contributed by atoms with van der Waals surface area (Å²) in [6, 6.07) is 23.5. The molecule has 2 aliphatic rings. The van der Waals surface area contributed by atoms with Crippen molar-refractivity contribution >= 4 is 30.5 Å². The van der Waals surface area contributed by atoms with Crippen molar-refractivity contribution < 1.29 is 42.2 Å². The van der Waals surface area contributed by atoms with Gasteiger partial charge in [-0.15, -0.1) is 0 Å². The molecule has 5 rings (SSSR count). The summed E-state index contributed by atoms with van der Waals surface area (Å²) < 4.78 is 124. The molecule has 0 aliphatic heterocycles. The van der Waals surface area contributed by atoms with E-state index in [9.17, 15) is 16.8 Å². The van der Waals surface area contributed by atoms with E-state index in [0.717, 1.165) is 6.26 Å². The van der Waals surface area contributed by atoms with E-state index in [2.05, 4.69) is 0 Å². The third kappa shape index (κ3) is 5.31. The van der Waals surface area contributed by atoms with Crippen LogP contribution in [0.3, 0.4) is 0 Å². The Labute approximate surface area is 238 Å². The van der Waals surface area contributed by atoms with Gasteiger partial charge in [-0.25, -0.2) is 3.63 Å². The van der Waals surface area contributed by atoms with Crippen molar-refractivity contribution in [2.75, 3.05) is 6.26 Å². The topological polar surface area (TPSA) is 86.7 Å². The SMILES string of the molecule is CS(=O)(=O)OC1CC2CC1CC2C(F)(F)C(F)(F)S(=O)(=O)OS(c1ccccc1)(c1ccccc1)c1ccccc1. The normalized spacial score (nSPS) is 23.9. The fourth-order valence-corrected chi connectivity index (χ4v) is 11.9. The van der Waals surface area contributed by atoms with Crippen molar-refractivity contribution in [3.63, 3.8) is 0 Å². The minimum Gasteiger partial charge on any atom is -0.267 e. The van der Waals surface area contributed by atoms with Crippen LogP contribution in [0.2, 0.25) is 0 Å². The second-order valence-electron chi connectivity index (χ2n) is 10.3. The fraction of sp³-hybridized carbons (Fsp3) is 0.357. The third-order valence-electron chi connectivity index (χ3n) is 7.68. The standard InChI is InChI=1S/C28H28F4O6S3/c1-39(33,34)37-26-19-20-17-21(26)18-25(20)27(29,30)28(31,32)41(35,36)38-40(22-11-5-2-6-12-22,23-13-7-3-8-14-23)24-15-9-4-10-16-24/h2-16,20-21,25-26H,17-19H2,1H3. The van der Waals surface area contributed by atoms with Crippen molar-refractivity contribution in [1.29, 1.82) is 0 Å². The van der Waals surface area contributed by atoms with Crippen molar-refractivity contribution in [3.05, 3.63) is 91.0 Å². The summed E-state index contributed by atoms with van der Waals surface area (Å²) in [5.41, 5.74) is 0. The average molecular weight is 633 g/mol. The van der Waals surface area contributed by atoms with Gasteiger partial charge in [0.1, 0.15) is 0 Å². The van der Waals surface area contributed by atoms with Gasteiger partial charge < -0.3 is 0 Å². The van der Waals surface area contributed by atoms with E-state index < -0.39 is 72.0 Å². The van der Waals surface area contributed by atoms with Crippen LogP contribution < -0.4 is 0 Å². The van der Waals surface area contributed by atoms with E-state index in [4.69, 9.17) is 7.81 Å². The summed E-state index contributed by atoms with van der Waals surface area (Å²) in [6.07, 6.45) is -0.747. The van der Waals surface area contributed by atoms with E-state index >= 15 is 17.6 Å². The lowest BCUT2D eigenvalue weighted by atomic mass is 9.83. The summed E-state index contributed by atoms with van der Waals surface area (Å²) in [7, 11) is -13.7. The van der Waals surface area contributed by atoms with Crippen LogP contribution in [-0.2, 0) is 28.0 Å². The predicted octanol–water partition coefficient (Wildman–Crippen LogP) is 6.85. The third-order valence-corrected chi connectivity index (χ3v) is 13.5. The van der Waals surface area contributed by atoms with Crippen LogP contribution in [0.5, 0.6) is 0 Å². The molecule has 3 aromatic rings.